The number of halogens is 2. The molecular weight excluding hydrogens is 413 g/mol. The van der Waals surface area contributed by atoms with Crippen LogP contribution in [0.15, 0.2) is 53.0 Å². The van der Waals surface area contributed by atoms with Gasteiger partial charge in [0.15, 0.2) is 0 Å². The Hall–Kier alpha value is -2.25. The number of rotatable bonds is 5. The van der Waals surface area contributed by atoms with E-state index in [1.54, 1.807) is 41.3 Å². The van der Waals surface area contributed by atoms with Crippen molar-refractivity contribution in [2.24, 2.45) is 0 Å². The van der Waals surface area contributed by atoms with Gasteiger partial charge in [-0.25, -0.2) is 4.39 Å². The number of carbonyl (C=O) groups is 2. The van der Waals surface area contributed by atoms with Crippen LogP contribution in [-0.2, 0) is 11.3 Å². The summed E-state index contributed by atoms with van der Waals surface area (Å²) in [6.07, 6.45) is 0. The maximum atomic E-state index is 13.2. The Balaban J connectivity index is 1.78. The van der Waals surface area contributed by atoms with E-state index in [0.717, 1.165) is 23.1 Å². The average molecular weight is 434 g/mol. The molecule has 0 bridgehead atoms. The molecule has 1 fully saturated rings. The van der Waals surface area contributed by atoms with E-state index in [1.165, 1.54) is 17.0 Å². The van der Waals surface area contributed by atoms with Gasteiger partial charge in [0, 0.05) is 42.8 Å². The van der Waals surface area contributed by atoms with E-state index in [0.29, 0.717) is 18.7 Å². The second-order valence-corrected chi connectivity index (χ2v) is 7.34. The summed E-state index contributed by atoms with van der Waals surface area (Å²) < 4.78 is 14.1. The molecule has 142 valence electrons. The Kier molecular flexibility index (Phi) is 6.58. The predicted molar refractivity (Wildman–Crippen MR) is 105 cm³/mol. The summed E-state index contributed by atoms with van der Waals surface area (Å²) in [6, 6.07) is 13.0. The van der Waals surface area contributed by atoms with Gasteiger partial charge in [-0.2, -0.15) is 0 Å². The lowest BCUT2D eigenvalue weighted by molar-refractivity contribution is -0.132. The van der Waals surface area contributed by atoms with E-state index in [9.17, 15) is 14.0 Å². The van der Waals surface area contributed by atoms with E-state index in [2.05, 4.69) is 21.2 Å². The summed E-state index contributed by atoms with van der Waals surface area (Å²) in [7, 11) is 0. The highest BCUT2D eigenvalue weighted by Gasteiger charge is 2.23. The Morgan fingerprint density at radius 1 is 1.04 bits per heavy atom. The number of nitrogens with zero attached hydrogens (tertiary/aromatic N) is 2. The van der Waals surface area contributed by atoms with Gasteiger partial charge in [-0.3, -0.25) is 9.59 Å². The highest BCUT2D eigenvalue weighted by atomic mass is 79.9. The van der Waals surface area contributed by atoms with Crippen LogP contribution >= 0.6 is 15.9 Å². The number of hydrogen-bond donors (Lipinski definition) is 1. The zero-order valence-corrected chi connectivity index (χ0v) is 16.4. The number of nitrogens with one attached hydrogen (secondary N) is 1. The first-order valence-corrected chi connectivity index (χ1v) is 9.60. The highest BCUT2D eigenvalue weighted by molar-refractivity contribution is 9.10. The zero-order valence-electron chi connectivity index (χ0n) is 14.8. The van der Waals surface area contributed by atoms with Crippen molar-refractivity contribution in [1.29, 1.82) is 0 Å². The molecule has 0 saturated carbocycles. The lowest BCUT2D eigenvalue weighted by Gasteiger charge is -2.30. The van der Waals surface area contributed by atoms with Crippen molar-refractivity contribution < 1.29 is 14.0 Å². The topological polar surface area (TPSA) is 52.7 Å². The van der Waals surface area contributed by atoms with Gasteiger partial charge in [-0.1, -0.05) is 28.1 Å². The third kappa shape index (κ3) is 5.37. The van der Waals surface area contributed by atoms with Crippen LogP contribution in [0, 0.1) is 5.82 Å². The molecule has 27 heavy (non-hydrogen) atoms. The fraction of sp³-hybridized carbons (Fsp3) is 0.300. The second kappa shape index (κ2) is 9.10. The first-order chi connectivity index (χ1) is 13.0. The van der Waals surface area contributed by atoms with Crippen molar-refractivity contribution in [2.45, 2.75) is 6.54 Å². The monoisotopic (exact) mass is 433 g/mol. The Labute approximate surface area is 166 Å². The molecule has 0 radical (unpaired) electrons. The normalized spacial score (nSPS) is 14.1. The largest absolute Gasteiger partial charge is 0.339 e. The molecule has 1 aliphatic rings. The third-order valence-corrected chi connectivity index (χ3v) is 4.99. The number of hydrogen-bond acceptors (Lipinski definition) is 3. The van der Waals surface area contributed by atoms with Crippen LogP contribution < -0.4 is 5.32 Å². The van der Waals surface area contributed by atoms with Gasteiger partial charge < -0.3 is 15.1 Å². The van der Waals surface area contributed by atoms with Crippen LogP contribution in [0.25, 0.3) is 0 Å². The van der Waals surface area contributed by atoms with Crippen LogP contribution in [0.1, 0.15) is 15.9 Å². The molecule has 2 aromatic carbocycles. The van der Waals surface area contributed by atoms with E-state index in [1.807, 2.05) is 0 Å². The maximum Gasteiger partial charge on any atom is 0.254 e. The predicted octanol–water partition coefficient (Wildman–Crippen LogP) is 2.66. The highest BCUT2D eigenvalue weighted by Crippen LogP contribution is 2.15. The van der Waals surface area contributed by atoms with Crippen LogP contribution in [0.4, 0.5) is 4.39 Å². The Morgan fingerprint density at radius 3 is 2.30 bits per heavy atom. The summed E-state index contributed by atoms with van der Waals surface area (Å²) in [4.78, 5) is 29.0. The zero-order chi connectivity index (χ0) is 19.2. The molecule has 0 spiro atoms. The van der Waals surface area contributed by atoms with Gasteiger partial charge in [0.25, 0.3) is 5.91 Å². The van der Waals surface area contributed by atoms with E-state index in [4.69, 9.17) is 0 Å². The molecule has 7 heteroatoms. The average Bonchev–Trinajstić information content (AvgIpc) is 2.70. The van der Waals surface area contributed by atoms with Gasteiger partial charge in [0.05, 0.1) is 0 Å². The molecule has 2 amide bonds. The lowest BCUT2D eigenvalue weighted by Crippen LogP contribution is -2.50. The van der Waals surface area contributed by atoms with Gasteiger partial charge >= 0.3 is 0 Å². The van der Waals surface area contributed by atoms with Gasteiger partial charge in [-0.15, -0.1) is 0 Å². The molecule has 0 atom stereocenters. The summed E-state index contributed by atoms with van der Waals surface area (Å²) in [6.45, 7) is 3.01. The minimum atomic E-state index is -0.332. The SMILES string of the molecule is O=C(CN(Cc1ccc(F)cc1)C(=O)c1ccc(Br)cc1)N1CCNCC1. The fourth-order valence-electron chi connectivity index (χ4n) is 2.96. The van der Waals surface area contributed by atoms with Crippen molar-refractivity contribution in [1.82, 2.24) is 15.1 Å². The molecule has 0 unspecified atom stereocenters. The molecule has 1 N–H and O–H groups in total. The fourth-order valence-corrected chi connectivity index (χ4v) is 3.23. The number of amides is 2. The van der Waals surface area contributed by atoms with Gasteiger partial charge in [-0.05, 0) is 42.0 Å². The van der Waals surface area contributed by atoms with Crippen molar-refractivity contribution in [2.75, 3.05) is 32.7 Å². The molecule has 1 heterocycles. The van der Waals surface area contributed by atoms with Crippen molar-refractivity contribution >= 4 is 27.7 Å². The molecule has 1 aliphatic heterocycles. The summed E-state index contributed by atoms with van der Waals surface area (Å²) >= 11 is 3.36. The minimum absolute atomic E-state index is 0.00766. The lowest BCUT2D eigenvalue weighted by atomic mass is 10.1. The van der Waals surface area contributed by atoms with Gasteiger partial charge in [0.1, 0.15) is 12.4 Å². The molecule has 2 aromatic rings. The number of piperazine rings is 1. The molecule has 0 aromatic heterocycles. The summed E-state index contributed by atoms with van der Waals surface area (Å²) in [5.41, 5.74) is 1.28. The standard InChI is InChI=1S/C20H21BrFN3O2/c21-17-5-3-16(4-6-17)20(27)25(13-15-1-7-18(22)8-2-15)14-19(26)24-11-9-23-10-12-24/h1-8,23H,9-14H2. The van der Waals surface area contributed by atoms with Crippen LogP contribution in [0.5, 0.6) is 0 Å². The Morgan fingerprint density at radius 2 is 1.67 bits per heavy atom. The molecule has 0 aliphatic carbocycles. The third-order valence-electron chi connectivity index (χ3n) is 4.46. The number of carbonyl (C=O) groups excluding carboxylic acids is 2. The van der Waals surface area contributed by atoms with Crippen molar-refractivity contribution in [3.63, 3.8) is 0 Å². The molecule has 3 rings (SSSR count). The van der Waals surface area contributed by atoms with E-state index >= 15 is 0 Å². The quantitative estimate of drug-likeness (QED) is 0.788. The van der Waals surface area contributed by atoms with Crippen LogP contribution in [0.2, 0.25) is 0 Å². The minimum Gasteiger partial charge on any atom is -0.339 e. The molecule has 1 saturated heterocycles. The number of benzene rings is 2. The van der Waals surface area contributed by atoms with Crippen LogP contribution in [-0.4, -0.2) is 54.3 Å². The summed E-state index contributed by atoms with van der Waals surface area (Å²) in [5.74, 6) is -0.638. The maximum absolute atomic E-state index is 13.2. The van der Waals surface area contributed by atoms with E-state index in [-0.39, 0.29) is 30.7 Å². The van der Waals surface area contributed by atoms with E-state index < -0.39 is 0 Å². The smallest absolute Gasteiger partial charge is 0.254 e. The molecular formula is C20H21BrFN3O2. The first kappa shape index (κ1) is 19.5. The molecule has 5 nitrogen and oxygen atoms in total. The van der Waals surface area contributed by atoms with Crippen molar-refractivity contribution in [3.05, 3.63) is 69.9 Å². The summed E-state index contributed by atoms with van der Waals surface area (Å²) in [5, 5.41) is 3.21. The Bertz CT molecular complexity index is 790. The van der Waals surface area contributed by atoms with Gasteiger partial charge in [0.2, 0.25) is 5.91 Å². The van der Waals surface area contributed by atoms with Crippen LogP contribution in [0.3, 0.4) is 0 Å². The second-order valence-electron chi connectivity index (χ2n) is 6.43. The first-order valence-electron chi connectivity index (χ1n) is 8.81. The van der Waals surface area contributed by atoms with Crippen molar-refractivity contribution in [3.8, 4) is 0 Å².